The number of hydrogen-bond donors (Lipinski definition) is 0. The van der Waals surface area contributed by atoms with Crippen LogP contribution in [0.1, 0.15) is 64.5 Å². The van der Waals surface area contributed by atoms with Gasteiger partial charge in [0.05, 0.1) is 13.7 Å². The molecule has 0 radical (unpaired) electrons. The van der Waals surface area contributed by atoms with Gasteiger partial charge in [-0.25, -0.2) is 4.79 Å². The van der Waals surface area contributed by atoms with Crippen molar-refractivity contribution >= 4 is 12.0 Å². The number of carbonyl (C=O) groups is 1. The zero-order chi connectivity index (χ0) is 22.0. The largest absolute Gasteiger partial charge is 0.493 e. The lowest BCUT2D eigenvalue weighted by Gasteiger charge is -2.18. The first kappa shape index (κ1) is 23.5. The predicted molar refractivity (Wildman–Crippen MR) is 122 cm³/mol. The summed E-state index contributed by atoms with van der Waals surface area (Å²) in [5, 5.41) is 0. The molecule has 2 aromatic rings. The second-order valence-electron chi connectivity index (χ2n) is 8.35. The third-order valence-corrected chi connectivity index (χ3v) is 4.79. The summed E-state index contributed by atoms with van der Waals surface area (Å²) in [6.07, 6.45) is 7.75. The summed E-state index contributed by atoms with van der Waals surface area (Å²) in [4.78, 5) is 12.2. The molecule has 0 saturated heterocycles. The van der Waals surface area contributed by atoms with E-state index in [1.54, 1.807) is 13.2 Å². The number of hydrogen-bond acceptors (Lipinski definition) is 4. The van der Waals surface area contributed by atoms with Gasteiger partial charge in [0, 0.05) is 6.08 Å². The highest BCUT2D eigenvalue weighted by Gasteiger charge is 2.13. The first-order valence-corrected chi connectivity index (χ1v) is 10.6. The summed E-state index contributed by atoms with van der Waals surface area (Å²) >= 11 is 0. The van der Waals surface area contributed by atoms with E-state index in [1.165, 1.54) is 30.9 Å². The fourth-order valence-corrected chi connectivity index (χ4v) is 2.96. The highest BCUT2D eigenvalue weighted by atomic mass is 16.5. The normalized spacial score (nSPS) is 11.5. The van der Waals surface area contributed by atoms with Crippen LogP contribution in [0.25, 0.3) is 6.08 Å². The average molecular weight is 411 g/mol. The van der Waals surface area contributed by atoms with E-state index in [-0.39, 0.29) is 5.41 Å². The van der Waals surface area contributed by atoms with Gasteiger partial charge in [0.2, 0.25) is 0 Å². The van der Waals surface area contributed by atoms with Crippen LogP contribution in [0.4, 0.5) is 0 Å². The molecule has 0 spiro atoms. The van der Waals surface area contributed by atoms with Crippen LogP contribution in [0, 0.1) is 0 Å². The molecule has 0 fully saturated rings. The molecule has 4 nitrogen and oxygen atoms in total. The molecule has 0 aliphatic heterocycles. The minimum atomic E-state index is -0.422. The van der Waals surface area contributed by atoms with E-state index in [1.807, 2.05) is 42.5 Å². The van der Waals surface area contributed by atoms with Crippen LogP contribution in [0.3, 0.4) is 0 Å². The molecule has 0 heterocycles. The number of esters is 1. The van der Waals surface area contributed by atoms with Crippen LogP contribution in [0.15, 0.2) is 48.5 Å². The maximum atomic E-state index is 12.2. The van der Waals surface area contributed by atoms with Crippen molar-refractivity contribution in [2.45, 2.75) is 58.8 Å². The van der Waals surface area contributed by atoms with Gasteiger partial charge in [0.15, 0.2) is 11.5 Å². The standard InChI is InChI=1S/C26H34O4/c1-6-7-8-9-18-29-23-16-10-20(19-24(23)28-5)11-17-25(27)30-22-14-12-21(13-15-22)26(2,3)4/h10-17,19H,6-9,18H2,1-5H3/b17-11+. The number of methoxy groups -OCH3 is 1. The van der Waals surface area contributed by atoms with Gasteiger partial charge in [-0.3, -0.25) is 0 Å². The van der Waals surface area contributed by atoms with E-state index in [0.29, 0.717) is 23.9 Å². The fraction of sp³-hybridized carbons (Fsp3) is 0.423. The molecular weight excluding hydrogens is 376 g/mol. The van der Waals surface area contributed by atoms with Crippen LogP contribution in [0.5, 0.6) is 17.2 Å². The van der Waals surface area contributed by atoms with Gasteiger partial charge < -0.3 is 14.2 Å². The molecule has 162 valence electrons. The molecule has 0 aromatic heterocycles. The minimum absolute atomic E-state index is 0.0624. The van der Waals surface area contributed by atoms with Gasteiger partial charge >= 0.3 is 5.97 Å². The van der Waals surface area contributed by atoms with Crippen LogP contribution in [-0.4, -0.2) is 19.7 Å². The van der Waals surface area contributed by atoms with Gasteiger partial charge in [0.25, 0.3) is 0 Å². The molecule has 0 bridgehead atoms. The van der Waals surface area contributed by atoms with E-state index < -0.39 is 5.97 Å². The molecule has 4 heteroatoms. The lowest BCUT2D eigenvalue weighted by Crippen LogP contribution is -2.11. The second kappa shape index (κ2) is 11.4. The van der Waals surface area contributed by atoms with Crippen molar-refractivity contribution < 1.29 is 19.0 Å². The number of unbranched alkanes of at least 4 members (excludes halogenated alkanes) is 3. The summed E-state index contributed by atoms with van der Waals surface area (Å²) in [6.45, 7) is 9.30. The Morgan fingerprint density at radius 3 is 2.33 bits per heavy atom. The third kappa shape index (κ3) is 7.58. The molecule has 0 aliphatic carbocycles. The summed E-state index contributed by atoms with van der Waals surface area (Å²) in [7, 11) is 1.61. The number of rotatable bonds is 10. The van der Waals surface area contributed by atoms with Gasteiger partial charge in [-0.2, -0.15) is 0 Å². The maximum Gasteiger partial charge on any atom is 0.336 e. The summed E-state index contributed by atoms with van der Waals surface area (Å²) in [6, 6.07) is 13.2. The van der Waals surface area contributed by atoms with Crippen LogP contribution in [0.2, 0.25) is 0 Å². The number of ether oxygens (including phenoxy) is 3. The molecule has 0 unspecified atom stereocenters. The maximum absolute atomic E-state index is 12.2. The van der Waals surface area contributed by atoms with Gasteiger partial charge in [0.1, 0.15) is 5.75 Å². The lowest BCUT2D eigenvalue weighted by molar-refractivity contribution is -0.128. The van der Waals surface area contributed by atoms with Crippen molar-refractivity contribution in [3.05, 3.63) is 59.7 Å². The first-order chi connectivity index (χ1) is 14.3. The van der Waals surface area contributed by atoms with Crippen molar-refractivity contribution in [2.75, 3.05) is 13.7 Å². The minimum Gasteiger partial charge on any atom is -0.493 e. The highest BCUT2D eigenvalue weighted by molar-refractivity contribution is 5.88. The average Bonchev–Trinajstić information content (AvgIpc) is 2.72. The van der Waals surface area contributed by atoms with Gasteiger partial charge in [-0.05, 0) is 53.3 Å². The van der Waals surface area contributed by atoms with Crippen molar-refractivity contribution in [1.82, 2.24) is 0 Å². The van der Waals surface area contributed by atoms with Crippen molar-refractivity contribution in [3.63, 3.8) is 0 Å². The van der Waals surface area contributed by atoms with Crippen LogP contribution in [-0.2, 0) is 10.2 Å². The molecule has 30 heavy (non-hydrogen) atoms. The Bertz CT molecular complexity index is 829. The highest BCUT2D eigenvalue weighted by Crippen LogP contribution is 2.29. The summed E-state index contributed by atoms with van der Waals surface area (Å²) in [5.74, 6) is 1.47. The second-order valence-corrected chi connectivity index (χ2v) is 8.35. The molecule has 0 saturated carbocycles. The Labute approximate surface area is 180 Å². The Balaban J connectivity index is 1.93. The van der Waals surface area contributed by atoms with Crippen molar-refractivity contribution in [2.24, 2.45) is 0 Å². The van der Waals surface area contributed by atoms with E-state index in [0.717, 1.165) is 12.0 Å². The molecule has 2 rings (SSSR count). The molecule has 0 amide bonds. The molecule has 0 aliphatic rings. The van der Waals surface area contributed by atoms with E-state index in [4.69, 9.17) is 14.2 Å². The lowest BCUT2D eigenvalue weighted by atomic mass is 9.87. The van der Waals surface area contributed by atoms with Crippen LogP contribution < -0.4 is 14.2 Å². The van der Waals surface area contributed by atoms with Gasteiger partial charge in [-0.1, -0.05) is 65.2 Å². The smallest absolute Gasteiger partial charge is 0.336 e. The summed E-state index contributed by atoms with van der Waals surface area (Å²) in [5.41, 5.74) is 2.09. The van der Waals surface area contributed by atoms with Crippen LogP contribution >= 0.6 is 0 Å². The van der Waals surface area contributed by atoms with Crippen molar-refractivity contribution in [1.29, 1.82) is 0 Å². The van der Waals surface area contributed by atoms with E-state index in [2.05, 4.69) is 27.7 Å². The first-order valence-electron chi connectivity index (χ1n) is 10.6. The Morgan fingerprint density at radius 2 is 1.70 bits per heavy atom. The Kier molecular flexibility index (Phi) is 8.97. The molecule has 2 aromatic carbocycles. The predicted octanol–water partition coefficient (Wildman–Crippen LogP) is 6.57. The van der Waals surface area contributed by atoms with E-state index in [9.17, 15) is 4.79 Å². The zero-order valence-corrected chi connectivity index (χ0v) is 18.9. The van der Waals surface area contributed by atoms with Crippen molar-refractivity contribution in [3.8, 4) is 17.2 Å². The van der Waals surface area contributed by atoms with E-state index >= 15 is 0 Å². The third-order valence-electron chi connectivity index (χ3n) is 4.79. The zero-order valence-electron chi connectivity index (χ0n) is 18.9. The molecule has 0 N–H and O–H groups in total. The summed E-state index contributed by atoms with van der Waals surface area (Å²) < 4.78 is 16.6. The van der Waals surface area contributed by atoms with Gasteiger partial charge in [-0.15, -0.1) is 0 Å². The SMILES string of the molecule is CCCCCCOc1ccc(/C=C/C(=O)Oc2ccc(C(C)(C)C)cc2)cc1OC. The molecular formula is C26H34O4. The quantitative estimate of drug-likeness (QED) is 0.192. The Hall–Kier alpha value is -2.75. The number of carbonyl (C=O) groups excluding carboxylic acids is 1. The monoisotopic (exact) mass is 410 g/mol. The number of benzene rings is 2. The Morgan fingerprint density at radius 1 is 0.967 bits per heavy atom. The molecule has 0 atom stereocenters. The topological polar surface area (TPSA) is 44.8 Å². The fourth-order valence-electron chi connectivity index (χ4n) is 2.96.